The lowest BCUT2D eigenvalue weighted by Crippen LogP contribution is -2.58. The van der Waals surface area contributed by atoms with Gasteiger partial charge in [0.2, 0.25) is 11.2 Å². The van der Waals surface area contributed by atoms with Gasteiger partial charge in [-0.1, -0.05) is 11.6 Å². The highest BCUT2D eigenvalue weighted by atomic mass is 35.5. The molecule has 0 N–H and O–H groups in total. The molecule has 0 unspecified atom stereocenters. The number of hydrogen-bond donors (Lipinski definition) is 0. The lowest BCUT2D eigenvalue weighted by molar-refractivity contribution is -0.308. The number of ether oxygens (including phenoxy) is 4. The fraction of sp³-hybridized carbons (Fsp3) is 0.579. The number of esters is 3. The van der Waals surface area contributed by atoms with E-state index in [1.807, 2.05) is 0 Å². The summed E-state index contributed by atoms with van der Waals surface area (Å²) >= 11 is 5.96. The number of aromatic nitrogens is 4. The predicted molar refractivity (Wildman–Crippen MR) is 106 cm³/mol. The third-order valence-corrected chi connectivity index (χ3v) is 5.28. The van der Waals surface area contributed by atoms with Crippen LogP contribution in [0.3, 0.4) is 0 Å². The second-order valence-corrected chi connectivity index (χ2v) is 8.32. The van der Waals surface area contributed by atoms with Gasteiger partial charge >= 0.3 is 24.1 Å². The standard InChI is InChI=1S/C19H20ClF3N4O7/c1-9(28)32-11-5-12(27-8-26-13-14(20)24-7-25-15(13)27)34-18(11,19(21,22)23)6-31-16(30)17(3,4)33-10(2)29/h7-8,11-12H,5-6H2,1-4H3/t11-,12+,18+/m0/s1. The summed E-state index contributed by atoms with van der Waals surface area (Å²) in [5.74, 6) is -3.10. The van der Waals surface area contributed by atoms with Crippen molar-refractivity contribution in [1.82, 2.24) is 19.5 Å². The van der Waals surface area contributed by atoms with Gasteiger partial charge in [-0.3, -0.25) is 14.2 Å². The molecule has 0 saturated carbocycles. The first kappa shape index (κ1) is 25.6. The van der Waals surface area contributed by atoms with Crippen LogP contribution in [0.25, 0.3) is 11.2 Å². The van der Waals surface area contributed by atoms with Gasteiger partial charge in [0.05, 0.1) is 6.33 Å². The summed E-state index contributed by atoms with van der Waals surface area (Å²) in [4.78, 5) is 47.0. The number of carbonyl (C=O) groups excluding carboxylic acids is 3. The van der Waals surface area contributed by atoms with E-state index < -0.39 is 60.6 Å². The Balaban J connectivity index is 1.97. The topological polar surface area (TPSA) is 132 Å². The van der Waals surface area contributed by atoms with Gasteiger partial charge in [-0.05, 0) is 13.8 Å². The fourth-order valence-corrected chi connectivity index (χ4v) is 3.67. The number of rotatable bonds is 6. The summed E-state index contributed by atoms with van der Waals surface area (Å²) < 4.78 is 64.4. The summed E-state index contributed by atoms with van der Waals surface area (Å²) in [6.45, 7) is 2.89. The van der Waals surface area contributed by atoms with E-state index >= 15 is 0 Å². The minimum atomic E-state index is -5.16. The van der Waals surface area contributed by atoms with Crippen LogP contribution in [0, 0.1) is 0 Å². The maximum Gasteiger partial charge on any atom is 0.424 e. The first-order chi connectivity index (χ1) is 15.7. The SMILES string of the molecule is CC(=O)O[C@H]1C[C@H](n2cnc3c(Cl)ncnc32)O[C@@]1(COC(=O)C(C)(C)OC(C)=O)C(F)(F)F. The number of imidazole rings is 1. The molecule has 0 spiro atoms. The molecule has 15 heteroatoms. The van der Waals surface area contributed by atoms with Crippen LogP contribution < -0.4 is 0 Å². The molecule has 1 saturated heterocycles. The molecular formula is C19H20ClF3N4O7. The van der Waals surface area contributed by atoms with Crippen LogP contribution >= 0.6 is 11.6 Å². The molecule has 2 aromatic rings. The van der Waals surface area contributed by atoms with Crippen molar-refractivity contribution in [3.8, 4) is 0 Å². The van der Waals surface area contributed by atoms with Crippen molar-refractivity contribution < 1.29 is 46.5 Å². The van der Waals surface area contributed by atoms with E-state index in [0.717, 1.165) is 40.3 Å². The lowest BCUT2D eigenvalue weighted by Gasteiger charge is -2.35. The molecule has 34 heavy (non-hydrogen) atoms. The lowest BCUT2D eigenvalue weighted by atomic mass is 9.96. The minimum Gasteiger partial charge on any atom is -0.459 e. The monoisotopic (exact) mass is 508 g/mol. The largest absolute Gasteiger partial charge is 0.459 e. The van der Waals surface area contributed by atoms with E-state index in [4.69, 9.17) is 30.5 Å². The highest BCUT2D eigenvalue weighted by molar-refractivity contribution is 6.33. The Morgan fingerprint density at radius 3 is 2.47 bits per heavy atom. The number of halogens is 4. The molecule has 3 rings (SSSR count). The Kier molecular flexibility index (Phi) is 6.77. The van der Waals surface area contributed by atoms with E-state index in [-0.39, 0.29) is 16.3 Å². The fourth-order valence-electron chi connectivity index (χ4n) is 3.49. The number of nitrogens with zero attached hydrogens (tertiary/aromatic N) is 4. The zero-order valence-electron chi connectivity index (χ0n) is 18.4. The normalized spacial score (nSPS) is 23.1. The molecule has 0 radical (unpaired) electrons. The van der Waals surface area contributed by atoms with Crippen molar-refractivity contribution in [1.29, 1.82) is 0 Å². The van der Waals surface area contributed by atoms with Gasteiger partial charge in [-0.15, -0.1) is 0 Å². The van der Waals surface area contributed by atoms with Crippen LogP contribution in [0.1, 0.15) is 40.3 Å². The summed E-state index contributed by atoms with van der Waals surface area (Å²) in [6, 6.07) is 0. The Hall–Kier alpha value is -3.00. The van der Waals surface area contributed by atoms with E-state index in [2.05, 4.69) is 15.0 Å². The maximum absolute atomic E-state index is 14.4. The van der Waals surface area contributed by atoms with Gasteiger partial charge in [-0.25, -0.2) is 19.7 Å². The van der Waals surface area contributed by atoms with Crippen molar-refractivity contribution in [2.75, 3.05) is 6.61 Å². The average molecular weight is 509 g/mol. The van der Waals surface area contributed by atoms with Crippen LogP contribution in [-0.4, -0.2) is 67.5 Å². The smallest absolute Gasteiger partial charge is 0.424 e. The molecule has 1 aliphatic heterocycles. The molecule has 1 aliphatic rings. The highest BCUT2D eigenvalue weighted by Crippen LogP contribution is 2.49. The molecule has 3 atom stereocenters. The second kappa shape index (κ2) is 8.98. The van der Waals surface area contributed by atoms with Crippen LogP contribution in [-0.2, 0) is 33.3 Å². The number of carbonyl (C=O) groups is 3. The van der Waals surface area contributed by atoms with Crippen LogP contribution in [0.5, 0.6) is 0 Å². The average Bonchev–Trinajstić information content (AvgIpc) is 3.27. The minimum absolute atomic E-state index is 0.0259. The van der Waals surface area contributed by atoms with Gasteiger partial charge < -0.3 is 18.9 Å². The summed E-state index contributed by atoms with van der Waals surface area (Å²) in [6.07, 6.45) is -6.65. The van der Waals surface area contributed by atoms with E-state index in [1.165, 1.54) is 4.57 Å². The van der Waals surface area contributed by atoms with Crippen molar-refractivity contribution in [2.24, 2.45) is 0 Å². The summed E-state index contributed by atoms with van der Waals surface area (Å²) in [5, 5.41) is -0.0259. The Bertz CT molecular complexity index is 1120. The zero-order chi connectivity index (χ0) is 25.5. The Morgan fingerprint density at radius 1 is 1.21 bits per heavy atom. The van der Waals surface area contributed by atoms with Crippen molar-refractivity contribution in [2.45, 2.75) is 63.8 Å². The van der Waals surface area contributed by atoms with Gasteiger partial charge in [0.25, 0.3) is 0 Å². The molecule has 0 aliphatic carbocycles. The van der Waals surface area contributed by atoms with Crippen molar-refractivity contribution in [3.05, 3.63) is 17.8 Å². The molecule has 0 bridgehead atoms. The third-order valence-electron chi connectivity index (χ3n) is 5.00. The zero-order valence-corrected chi connectivity index (χ0v) is 19.1. The number of fused-ring (bicyclic) bond motifs is 1. The molecule has 3 heterocycles. The molecular weight excluding hydrogens is 489 g/mol. The quantitative estimate of drug-likeness (QED) is 0.325. The van der Waals surface area contributed by atoms with E-state index in [1.54, 1.807) is 0 Å². The third kappa shape index (κ3) is 4.78. The van der Waals surface area contributed by atoms with E-state index in [0.29, 0.717) is 0 Å². The number of alkyl halides is 3. The van der Waals surface area contributed by atoms with Crippen LogP contribution in [0.2, 0.25) is 5.15 Å². The van der Waals surface area contributed by atoms with Gasteiger partial charge in [0.15, 0.2) is 10.8 Å². The second-order valence-electron chi connectivity index (χ2n) is 7.96. The van der Waals surface area contributed by atoms with Gasteiger partial charge in [-0.2, -0.15) is 13.2 Å². The molecule has 1 fully saturated rings. The summed E-state index contributed by atoms with van der Waals surface area (Å²) in [5.41, 5.74) is -4.91. The van der Waals surface area contributed by atoms with Crippen LogP contribution in [0.4, 0.5) is 13.2 Å². The molecule has 2 aromatic heterocycles. The molecule has 11 nitrogen and oxygen atoms in total. The molecule has 186 valence electrons. The Morgan fingerprint density at radius 2 is 1.88 bits per heavy atom. The molecule has 0 amide bonds. The van der Waals surface area contributed by atoms with Crippen molar-refractivity contribution in [3.63, 3.8) is 0 Å². The summed E-state index contributed by atoms with van der Waals surface area (Å²) in [7, 11) is 0. The Labute approximate surface area is 195 Å². The van der Waals surface area contributed by atoms with Crippen molar-refractivity contribution >= 4 is 40.7 Å². The highest BCUT2D eigenvalue weighted by Gasteiger charge is 2.68. The maximum atomic E-state index is 14.4. The van der Waals surface area contributed by atoms with E-state index in [9.17, 15) is 27.6 Å². The van der Waals surface area contributed by atoms with Gasteiger partial charge in [0.1, 0.15) is 30.8 Å². The van der Waals surface area contributed by atoms with Crippen LogP contribution in [0.15, 0.2) is 12.7 Å². The first-order valence-electron chi connectivity index (χ1n) is 9.79. The number of hydrogen-bond acceptors (Lipinski definition) is 10. The van der Waals surface area contributed by atoms with Gasteiger partial charge in [0, 0.05) is 20.3 Å². The molecule has 0 aromatic carbocycles. The predicted octanol–water partition coefficient (Wildman–Crippen LogP) is 2.52. The first-order valence-corrected chi connectivity index (χ1v) is 10.2.